The second kappa shape index (κ2) is 7.35. The molecule has 2 heterocycles. The van der Waals surface area contributed by atoms with Crippen molar-refractivity contribution in [3.63, 3.8) is 0 Å². The first-order valence-electron chi connectivity index (χ1n) is 8.43. The van der Waals surface area contributed by atoms with Crippen molar-refractivity contribution < 1.29 is 9.18 Å². The van der Waals surface area contributed by atoms with E-state index in [4.69, 9.17) is 5.73 Å². The van der Waals surface area contributed by atoms with Gasteiger partial charge >= 0.3 is 0 Å². The summed E-state index contributed by atoms with van der Waals surface area (Å²) in [6, 6.07) is 11.2. The minimum Gasteiger partial charge on any atom is -0.383 e. The van der Waals surface area contributed by atoms with Gasteiger partial charge in [-0.25, -0.2) is 9.37 Å². The van der Waals surface area contributed by atoms with E-state index in [-0.39, 0.29) is 17.2 Å². The van der Waals surface area contributed by atoms with Gasteiger partial charge in [0.15, 0.2) is 0 Å². The molecule has 134 valence electrons. The number of carbonyl (C=O) groups excluding carboxylic acids is 1. The highest BCUT2D eigenvalue weighted by atomic mass is 19.1. The Balaban J connectivity index is 1.87. The van der Waals surface area contributed by atoms with E-state index in [1.165, 1.54) is 18.2 Å². The molecular weight excluding hydrogens is 333 g/mol. The maximum absolute atomic E-state index is 13.7. The van der Waals surface area contributed by atoms with E-state index in [1.54, 1.807) is 18.2 Å². The van der Waals surface area contributed by atoms with Crippen LogP contribution in [0.5, 0.6) is 0 Å². The Labute approximate surface area is 150 Å². The summed E-state index contributed by atoms with van der Waals surface area (Å²) in [5.41, 5.74) is 8.63. The van der Waals surface area contributed by atoms with Crippen molar-refractivity contribution in [1.82, 2.24) is 14.8 Å². The van der Waals surface area contributed by atoms with Crippen LogP contribution in [-0.2, 0) is 13.0 Å². The second-order valence-corrected chi connectivity index (χ2v) is 5.75. The molecule has 7 heteroatoms. The van der Waals surface area contributed by atoms with Crippen molar-refractivity contribution in [2.75, 3.05) is 11.1 Å². The van der Waals surface area contributed by atoms with E-state index in [1.807, 2.05) is 24.6 Å². The number of anilines is 2. The lowest BCUT2D eigenvalue weighted by molar-refractivity contribution is 0.102. The fourth-order valence-corrected chi connectivity index (χ4v) is 2.69. The quantitative estimate of drug-likeness (QED) is 0.735. The van der Waals surface area contributed by atoms with Crippen molar-refractivity contribution in [3.8, 4) is 11.3 Å². The minimum absolute atomic E-state index is 0.0476. The van der Waals surface area contributed by atoms with Gasteiger partial charge in [0, 0.05) is 12.1 Å². The lowest BCUT2D eigenvalue weighted by Gasteiger charge is -2.10. The van der Waals surface area contributed by atoms with Crippen LogP contribution in [0.2, 0.25) is 0 Å². The fraction of sp³-hybridized carbons (Fsp3) is 0.211. The first-order valence-corrected chi connectivity index (χ1v) is 8.43. The summed E-state index contributed by atoms with van der Waals surface area (Å²) in [5, 5.41) is 7.08. The van der Waals surface area contributed by atoms with Crippen LogP contribution >= 0.6 is 0 Å². The van der Waals surface area contributed by atoms with Crippen LogP contribution in [0.4, 0.5) is 16.0 Å². The van der Waals surface area contributed by atoms with Gasteiger partial charge in [-0.1, -0.05) is 19.1 Å². The van der Waals surface area contributed by atoms with Crippen molar-refractivity contribution in [3.05, 3.63) is 59.5 Å². The third kappa shape index (κ3) is 3.42. The number of nitrogens with zero attached hydrogens (tertiary/aromatic N) is 3. The number of hydrogen-bond donors (Lipinski definition) is 2. The molecule has 0 unspecified atom stereocenters. The predicted molar refractivity (Wildman–Crippen MR) is 99.3 cm³/mol. The molecule has 0 aliphatic carbocycles. The van der Waals surface area contributed by atoms with Crippen LogP contribution in [-0.4, -0.2) is 20.7 Å². The Bertz CT molecular complexity index is 951. The van der Waals surface area contributed by atoms with E-state index in [9.17, 15) is 9.18 Å². The van der Waals surface area contributed by atoms with Gasteiger partial charge in [0.2, 0.25) is 0 Å². The van der Waals surface area contributed by atoms with Crippen molar-refractivity contribution in [2.45, 2.75) is 26.8 Å². The monoisotopic (exact) mass is 353 g/mol. The summed E-state index contributed by atoms with van der Waals surface area (Å²) >= 11 is 0. The Morgan fingerprint density at radius 3 is 2.65 bits per heavy atom. The molecule has 0 atom stereocenters. The van der Waals surface area contributed by atoms with Crippen LogP contribution < -0.4 is 11.1 Å². The lowest BCUT2D eigenvalue weighted by atomic mass is 10.1. The third-order valence-electron chi connectivity index (χ3n) is 4.05. The number of pyridine rings is 1. The van der Waals surface area contributed by atoms with Gasteiger partial charge < -0.3 is 11.1 Å². The molecule has 3 rings (SSSR count). The SMILES string of the molecule is CCc1cc(-c2ccc(NC(=O)c3ccccc3F)nc2N)n(CC)n1. The number of rotatable bonds is 5. The molecule has 1 amide bonds. The number of nitrogen functional groups attached to an aromatic ring is 1. The van der Waals surface area contributed by atoms with Gasteiger partial charge in [-0.05, 0) is 43.7 Å². The first-order chi connectivity index (χ1) is 12.5. The van der Waals surface area contributed by atoms with E-state index in [2.05, 4.69) is 15.4 Å². The molecule has 0 saturated heterocycles. The van der Waals surface area contributed by atoms with Crippen LogP contribution in [0.3, 0.4) is 0 Å². The van der Waals surface area contributed by atoms with Crippen molar-refractivity contribution in [2.24, 2.45) is 0 Å². The zero-order valence-corrected chi connectivity index (χ0v) is 14.7. The molecule has 0 fully saturated rings. The van der Waals surface area contributed by atoms with E-state index in [0.717, 1.165) is 23.4 Å². The summed E-state index contributed by atoms with van der Waals surface area (Å²) in [7, 11) is 0. The molecule has 26 heavy (non-hydrogen) atoms. The van der Waals surface area contributed by atoms with Crippen LogP contribution in [0.15, 0.2) is 42.5 Å². The normalized spacial score (nSPS) is 10.7. The largest absolute Gasteiger partial charge is 0.383 e. The Morgan fingerprint density at radius 2 is 2.00 bits per heavy atom. The smallest absolute Gasteiger partial charge is 0.259 e. The molecule has 0 saturated carbocycles. The molecule has 3 N–H and O–H groups in total. The maximum Gasteiger partial charge on any atom is 0.259 e. The molecule has 0 radical (unpaired) electrons. The van der Waals surface area contributed by atoms with Gasteiger partial charge in [-0.15, -0.1) is 0 Å². The Morgan fingerprint density at radius 1 is 1.23 bits per heavy atom. The lowest BCUT2D eigenvalue weighted by Crippen LogP contribution is -2.15. The molecule has 0 aliphatic rings. The van der Waals surface area contributed by atoms with Gasteiger partial charge in [0.25, 0.3) is 5.91 Å². The van der Waals surface area contributed by atoms with Crippen LogP contribution in [0.1, 0.15) is 29.9 Å². The van der Waals surface area contributed by atoms with Crippen LogP contribution in [0.25, 0.3) is 11.3 Å². The van der Waals surface area contributed by atoms with Crippen LogP contribution in [0, 0.1) is 5.82 Å². The molecule has 2 aromatic heterocycles. The molecule has 0 aliphatic heterocycles. The van der Waals surface area contributed by atoms with Crippen molar-refractivity contribution in [1.29, 1.82) is 0 Å². The highest BCUT2D eigenvalue weighted by molar-refractivity contribution is 6.04. The summed E-state index contributed by atoms with van der Waals surface area (Å²) in [6.07, 6.45) is 0.824. The van der Waals surface area contributed by atoms with Gasteiger partial charge in [0.05, 0.1) is 17.0 Å². The number of aromatic nitrogens is 3. The van der Waals surface area contributed by atoms with Gasteiger partial charge in [0.1, 0.15) is 17.5 Å². The highest BCUT2D eigenvalue weighted by Gasteiger charge is 2.15. The third-order valence-corrected chi connectivity index (χ3v) is 4.05. The maximum atomic E-state index is 13.7. The Hall–Kier alpha value is -3.22. The zero-order valence-electron chi connectivity index (χ0n) is 14.7. The van der Waals surface area contributed by atoms with Gasteiger partial charge in [-0.3, -0.25) is 9.48 Å². The molecular formula is C19H20FN5O. The minimum atomic E-state index is -0.589. The molecule has 3 aromatic rings. The highest BCUT2D eigenvalue weighted by Crippen LogP contribution is 2.27. The summed E-state index contributed by atoms with van der Waals surface area (Å²) in [6.45, 7) is 4.75. The number of benzene rings is 1. The molecule has 1 aromatic carbocycles. The zero-order chi connectivity index (χ0) is 18.7. The number of nitrogens with two attached hydrogens (primary N) is 1. The van der Waals surface area contributed by atoms with Crippen molar-refractivity contribution >= 4 is 17.5 Å². The van der Waals surface area contributed by atoms with Gasteiger partial charge in [-0.2, -0.15) is 5.10 Å². The summed E-state index contributed by atoms with van der Waals surface area (Å²) in [4.78, 5) is 16.4. The predicted octanol–water partition coefficient (Wildman–Crippen LogP) is 3.50. The average Bonchev–Trinajstić information content (AvgIpc) is 3.05. The number of hydrogen-bond acceptors (Lipinski definition) is 4. The summed E-state index contributed by atoms with van der Waals surface area (Å²) in [5.74, 6) is -0.630. The number of nitrogens with one attached hydrogen (secondary N) is 1. The number of aryl methyl sites for hydroxylation is 2. The second-order valence-electron chi connectivity index (χ2n) is 5.75. The first kappa shape index (κ1) is 17.6. The molecule has 0 spiro atoms. The molecule has 0 bridgehead atoms. The number of amides is 1. The number of carbonyl (C=O) groups is 1. The van der Waals surface area contributed by atoms with E-state index in [0.29, 0.717) is 6.54 Å². The topological polar surface area (TPSA) is 85.8 Å². The Kier molecular flexibility index (Phi) is 4.97. The van der Waals surface area contributed by atoms with E-state index < -0.39 is 11.7 Å². The molecule has 6 nitrogen and oxygen atoms in total. The average molecular weight is 353 g/mol. The summed E-state index contributed by atoms with van der Waals surface area (Å²) < 4.78 is 15.6. The van der Waals surface area contributed by atoms with E-state index >= 15 is 0 Å². The fourth-order valence-electron chi connectivity index (χ4n) is 2.69. The standard InChI is InChI=1S/C19H20FN5O/c1-3-12-11-16(25(4-2)24-12)14-9-10-17(22-18(14)21)23-19(26)13-7-5-6-8-15(13)20/h5-11H,3-4H2,1-2H3,(H3,21,22,23,26). The number of halogens is 1.